The molecule has 15 heavy (non-hydrogen) atoms. The van der Waals surface area contributed by atoms with Crippen molar-refractivity contribution in [2.24, 2.45) is 0 Å². The second kappa shape index (κ2) is 4.44. The van der Waals surface area contributed by atoms with Crippen molar-refractivity contribution in [2.75, 3.05) is 6.26 Å². The van der Waals surface area contributed by atoms with Crippen LogP contribution >= 0.6 is 0 Å². The van der Waals surface area contributed by atoms with Crippen LogP contribution in [0.5, 0.6) is 0 Å². The highest BCUT2D eigenvalue weighted by molar-refractivity contribution is 7.88. The first-order valence-corrected chi connectivity index (χ1v) is 6.28. The summed E-state index contributed by atoms with van der Waals surface area (Å²) >= 11 is 0. The van der Waals surface area contributed by atoms with E-state index >= 15 is 0 Å². The van der Waals surface area contributed by atoms with Crippen LogP contribution in [-0.4, -0.2) is 24.9 Å². The van der Waals surface area contributed by atoms with E-state index in [1.54, 1.807) is 24.3 Å². The Kier molecular flexibility index (Phi) is 3.47. The Morgan fingerprint density at radius 3 is 2.20 bits per heavy atom. The molecule has 1 rings (SSSR count). The highest BCUT2D eigenvalue weighted by Gasteiger charge is 2.19. The molecule has 0 radical (unpaired) electrons. The third-order valence-electron chi connectivity index (χ3n) is 1.92. The Morgan fingerprint density at radius 2 is 1.80 bits per heavy atom. The molecule has 1 aromatic rings. The van der Waals surface area contributed by atoms with Crippen molar-refractivity contribution in [1.29, 1.82) is 0 Å². The summed E-state index contributed by atoms with van der Waals surface area (Å²) in [5.74, 6) is -0.471. The molecule has 5 heteroatoms. The van der Waals surface area contributed by atoms with E-state index in [-0.39, 0.29) is 6.54 Å². The van der Waals surface area contributed by atoms with E-state index < -0.39 is 15.9 Å². The predicted octanol–water partition coefficient (Wildman–Crippen LogP) is 0.995. The molecule has 0 aliphatic carbocycles. The molecule has 0 saturated heterocycles. The van der Waals surface area contributed by atoms with Crippen molar-refractivity contribution in [3.63, 3.8) is 0 Å². The summed E-state index contributed by atoms with van der Waals surface area (Å²) < 4.78 is 23.4. The Labute approximate surface area is 89.6 Å². The summed E-state index contributed by atoms with van der Waals surface area (Å²) in [5, 5.41) is 0. The van der Waals surface area contributed by atoms with E-state index in [1.165, 1.54) is 6.92 Å². The molecule has 1 aromatic carbocycles. The van der Waals surface area contributed by atoms with Gasteiger partial charge in [0, 0.05) is 6.92 Å². The molecule has 0 N–H and O–H groups in total. The summed E-state index contributed by atoms with van der Waals surface area (Å²) in [6, 6.07) is 9.00. The second-order valence-corrected chi connectivity index (χ2v) is 5.18. The van der Waals surface area contributed by atoms with Gasteiger partial charge < -0.3 is 0 Å². The number of hydrogen-bond acceptors (Lipinski definition) is 3. The lowest BCUT2D eigenvalue weighted by atomic mass is 10.2. The zero-order valence-electron chi connectivity index (χ0n) is 8.67. The number of sulfonamides is 1. The summed E-state index contributed by atoms with van der Waals surface area (Å²) in [6.45, 7) is 1.33. The minimum atomic E-state index is -3.48. The lowest BCUT2D eigenvalue weighted by Crippen LogP contribution is -2.33. The summed E-state index contributed by atoms with van der Waals surface area (Å²) in [4.78, 5) is 11.1. The molecule has 0 unspecified atom stereocenters. The Hall–Kier alpha value is -1.36. The van der Waals surface area contributed by atoms with Gasteiger partial charge in [-0.15, -0.1) is 0 Å². The third kappa shape index (κ3) is 3.36. The number of nitrogens with zero attached hydrogens (tertiary/aromatic N) is 1. The maximum atomic E-state index is 11.3. The van der Waals surface area contributed by atoms with Crippen LogP contribution < -0.4 is 0 Å². The fourth-order valence-corrected chi connectivity index (χ4v) is 2.06. The van der Waals surface area contributed by atoms with Gasteiger partial charge in [0.25, 0.3) is 0 Å². The molecule has 0 atom stereocenters. The molecule has 0 aliphatic heterocycles. The van der Waals surface area contributed by atoms with Crippen LogP contribution in [-0.2, 0) is 21.4 Å². The number of carbonyl (C=O) groups excluding carboxylic acids is 1. The van der Waals surface area contributed by atoms with Crippen molar-refractivity contribution < 1.29 is 13.2 Å². The van der Waals surface area contributed by atoms with Crippen LogP contribution in [0, 0.1) is 0 Å². The highest BCUT2D eigenvalue weighted by Crippen LogP contribution is 2.08. The van der Waals surface area contributed by atoms with Gasteiger partial charge in [-0.25, -0.2) is 12.7 Å². The first-order chi connectivity index (χ1) is 6.91. The fraction of sp³-hybridized carbons (Fsp3) is 0.300. The van der Waals surface area contributed by atoms with E-state index in [2.05, 4.69) is 0 Å². The minimum absolute atomic E-state index is 0.0923. The normalized spacial score (nSPS) is 11.1. The molecule has 0 bridgehead atoms. The molecular formula is C10H13NO3S. The number of benzene rings is 1. The van der Waals surface area contributed by atoms with Gasteiger partial charge in [0.15, 0.2) is 0 Å². The monoisotopic (exact) mass is 227 g/mol. The molecule has 0 aromatic heterocycles. The Balaban J connectivity index is 2.92. The largest absolute Gasteiger partial charge is 0.274 e. The quantitative estimate of drug-likeness (QED) is 0.774. The van der Waals surface area contributed by atoms with Gasteiger partial charge in [0.2, 0.25) is 15.9 Å². The number of carbonyl (C=O) groups is 1. The van der Waals surface area contributed by atoms with Crippen molar-refractivity contribution >= 4 is 15.9 Å². The number of rotatable bonds is 3. The van der Waals surface area contributed by atoms with E-state index in [9.17, 15) is 13.2 Å². The first kappa shape index (κ1) is 11.7. The van der Waals surface area contributed by atoms with Crippen molar-refractivity contribution in [3.05, 3.63) is 35.9 Å². The van der Waals surface area contributed by atoms with E-state index in [1.807, 2.05) is 6.07 Å². The Bertz CT molecular complexity index is 439. The molecule has 82 valence electrons. The van der Waals surface area contributed by atoms with Crippen LogP contribution in [0.4, 0.5) is 0 Å². The molecular weight excluding hydrogens is 214 g/mol. The molecule has 0 saturated carbocycles. The van der Waals surface area contributed by atoms with Crippen LogP contribution in [0.25, 0.3) is 0 Å². The van der Waals surface area contributed by atoms with Crippen molar-refractivity contribution in [1.82, 2.24) is 4.31 Å². The third-order valence-corrected chi connectivity index (χ3v) is 3.11. The Morgan fingerprint density at radius 1 is 1.27 bits per heavy atom. The molecule has 1 amide bonds. The van der Waals surface area contributed by atoms with E-state index in [4.69, 9.17) is 0 Å². The summed E-state index contributed by atoms with van der Waals surface area (Å²) in [6.07, 6.45) is 1.03. The van der Waals surface area contributed by atoms with Crippen molar-refractivity contribution in [3.8, 4) is 0 Å². The van der Waals surface area contributed by atoms with Crippen LogP contribution in [0.1, 0.15) is 12.5 Å². The highest BCUT2D eigenvalue weighted by atomic mass is 32.2. The van der Waals surface area contributed by atoms with Gasteiger partial charge >= 0.3 is 0 Å². The van der Waals surface area contributed by atoms with E-state index in [0.717, 1.165) is 16.1 Å². The van der Waals surface area contributed by atoms with Gasteiger partial charge in [0.1, 0.15) is 0 Å². The minimum Gasteiger partial charge on any atom is -0.274 e. The van der Waals surface area contributed by atoms with Gasteiger partial charge in [0.05, 0.1) is 12.8 Å². The average molecular weight is 227 g/mol. The van der Waals surface area contributed by atoms with Crippen LogP contribution in [0.2, 0.25) is 0 Å². The maximum Gasteiger partial charge on any atom is 0.234 e. The molecule has 0 heterocycles. The number of hydrogen-bond donors (Lipinski definition) is 0. The van der Waals surface area contributed by atoms with Crippen LogP contribution in [0.15, 0.2) is 30.3 Å². The molecule has 0 aliphatic rings. The predicted molar refractivity (Wildman–Crippen MR) is 57.5 cm³/mol. The fourth-order valence-electron chi connectivity index (χ4n) is 1.21. The lowest BCUT2D eigenvalue weighted by molar-refractivity contribution is -0.124. The molecule has 4 nitrogen and oxygen atoms in total. The zero-order valence-corrected chi connectivity index (χ0v) is 9.49. The number of amides is 1. The SMILES string of the molecule is CC(=O)N(Cc1ccccc1)S(C)(=O)=O. The average Bonchev–Trinajstić information content (AvgIpc) is 2.13. The first-order valence-electron chi connectivity index (χ1n) is 4.43. The molecule has 0 spiro atoms. The van der Waals surface area contributed by atoms with Gasteiger partial charge in [-0.2, -0.15) is 0 Å². The van der Waals surface area contributed by atoms with E-state index in [0.29, 0.717) is 0 Å². The summed E-state index contributed by atoms with van der Waals surface area (Å²) in [7, 11) is -3.48. The topological polar surface area (TPSA) is 54.5 Å². The molecule has 0 fully saturated rings. The smallest absolute Gasteiger partial charge is 0.234 e. The lowest BCUT2D eigenvalue weighted by Gasteiger charge is -2.18. The van der Waals surface area contributed by atoms with Crippen LogP contribution in [0.3, 0.4) is 0 Å². The van der Waals surface area contributed by atoms with Gasteiger partial charge in [-0.3, -0.25) is 4.79 Å². The van der Waals surface area contributed by atoms with Gasteiger partial charge in [-0.1, -0.05) is 30.3 Å². The second-order valence-electron chi connectivity index (χ2n) is 3.27. The van der Waals surface area contributed by atoms with Crippen molar-refractivity contribution in [2.45, 2.75) is 13.5 Å². The van der Waals surface area contributed by atoms with Gasteiger partial charge in [-0.05, 0) is 5.56 Å². The maximum absolute atomic E-state index is 11.3. The standard InChI is InChI=1S/C10H13NO3S/c1-9(12)11(15(2,13)14)8-10-6-4-3-5-7-10/h3-7H,8H2,1-2H3. The zero-order chi connectivity index (χ0) is 11.5. The summed E-state index contributed by atoms with van der Waals surface area (Å²) in [5.41, 5.74) is 0.790.